The Morgan fingerprint density at radius 1 is 1.39 bits per heavy atom. The molecular formula is C14H18N2O2. The number of piperazine rings is 1. The summed E-state index contributed by atoms with van der Waals surface area (Å²) in [7, 11) is 0. The van der Waals surface area contributed by atoms with Gasteiger partial charge in [-0.1, -0.05) is 37.3 Å². The van der Waals surface area contributed by atoms with Crippen LogP contribution in [0.5, 0.6) is 0 Å². The Kier molecular flexibility index (Phi) is 4.10. The minimum Gasteiger partial charge on any atom is -0.353 e. The molecule has 2 rings (SSSR count). The molecule has 1 fully saturated rings. The van der Waals surface area contributed by atoms with Crippen LogP contribution in [-0.2, 0) is 4.79 Å². The van der Waals surface area contributed by atoms with E-state index in [1.807, 2.05) is 42.2 Å². The number of hydrogen-bond donors (Lipinski definition) is 1. The highest BCUT2D eigenvalue weighted by Crippen LogP contribution is 2.10. The van der Waals surface area contributed by atoms with Crippen LogP contribution in [0.2, 0.25) is 0 Å². The number of carbonyl (C=O) groups excluding carboxylic acids is 2. The van der Waals surface area contributed by atoms with E-state index in [0.717, 1.165) is 13.0 Å². The molecule has 1 heterocycles. The normalized spacial score (nSPS) is 20.5. The molecule has 1 unspecified atom stereocenters. The van der Waals surface area contributed by atoms with Crippen molar-refractivity contribution in [2.75, 3.05) is 19.6 Å². The average Bonchev–Trinajstić information content (AvgIpc) is 2.40. The molecule has 1 N–H and O–H groups in total. The third kappa shape index (κ3) is 2.76. The van der Waals surface area contributed by atoms with Gasteiger partial charge in [-0.3, -0.25) is 14.5 Å². The summed E-state index contributed by atoms with van der Waals surface area (Å²) >= 11 is 0. The Morgan fingerprint density at radius 2 is 2.11 bits per heavy atom. The van der Waals surface area contributed by atoms with E-state index < -0.39 is 0 Å². The molecule has 1 aliphatic heterocycles. The zero-order chi connectivity index (χ0) is 13.0. The standard InChI is InChI=1S/C14H18N2O2/c1-2-12-14(18)15-8-9-16(12)10-13(17)11-6-4-3-5-7-11/h3-7,12H,2,8-10H2,1H3,(H,15,18). The van der Waals surface area contributed by atoms with Crippen LogP contribution in [0, 0.1) is 0 Å². The van der Waals surface area contributed by atoms with Crippen molar-refractivity contribution in [1.29, 1.82) is 0 Å². The Hall–Kier alpha value is -1.68. The van der Waals surface area contributed by atoms with E-state index >= 15 is 0 Å². The minimum atomic E-state index is -0.175. The Balaban J connectivity index is 2.04. The molecule has 18 heavy (non-hydrogen) atoms. The first-order valence-electron chi connectivity index (χ1n) is 6.32. The summed E-state index contributed by atoms with van der Waals surface area (Å²) in [6.45, 7) is 3.64. The van der Waals surface area contributed by atoms with Gasteiger partial charge in [-0.2, -0.15) is 0 Å². The number of rotatable bonds is 4. The summed E-state index contributed by atoms with van der Waals surface area (Å²) in [4.78, 5) is 25.8. The lowest BCUT2D eigenvalue weighted by Crippen LogP contribution is -2.56. The van der Waals surface area contributed by atoms with E-state index in [2.05, 4.69) is 5.32 Å². The third-order valence-corrected chi connectivity index (χ3v) is 3.27. The number of Topliss-reactive ketones (excluding diaryl/α,β-unsaturated/α-hetero) is 1. The van der Waals surface area contributed by atoms with Crippen LogP contribution in [0.15, 0.2) is 30.3 Å². The van der Waals surface area contributed by atoms with Crippen molar-refractivity contribution in [3.05, 3.63) is 35.9 Å². The van der Waals surface area contributed by atoms with Gasteiger partial charge in [0.25, 0.3) is 0 Å². The van der Waals surface area contributed by atoms with Crippen LogP contribution in [0.3, 0.4) is 0 Å². The van der Waals surface area contributed by atoms with Gasteiger partial charge in [-0.15, -0.1) is 0 Å². The average molecular weight is 246 g/mol. The summed E-state index contributed by atoms with van der Waals surface area (Å²) in [5.74, 6) is 0.105. The maximum atomic E-state index is 12.1. The molecule has 0 radical (unpaired) electrons. The van der Waals surface area contributed by atoms with Gasteiger partial charge < -0.3 is 5.32 Å². The molecule has 0 bridgehead atoms. The van der Waals surface area contributed by atoms with Crippen LogP contribution >= 0.6 is 0 Å². The monoisotopic (exact) mass is 246 g/mol. The van der Waals surface area contributed by atoms with E-state index in [4.69, 9.17) is 0 Å². The fourth-order valence-corrected chi connectivity index (χ4v) is 2.29. The van der Waals surface area contributed by atoms with E-state index in [9.17, 15) is 9.59 Å². The Bertz CT molecular complexity index is 431. The van der Waals surface area contributed by atoms with Crippen molar-refractivity contribution in [2.24, 2.45) is 0 Å². The van der Waals surface area contributed by atoms with Crippen LogP contribution in [0.4, 0.5) is 0 Å². The van der Waals surface area contributed by atoms with E-state index in [1.165, 1.54) is 0 Å². The van der Waals surface area contributed by atoms with Gasteiger partial charge in [0.15, 0.2) is 5.78 Å². The second-order valence-electron chi connectivity index (χ2n) is 4.47. The molecule has 0 spiro atoms. The predicted octanol–water partition coefficient (Wildman–Crippen LogP) is 1.08. The fourth-order valence-electron chi connectivity index (χ4n) is 2.29. The molecule has 1 aromatic carbocycles. The van der Waals surface area contributed by atoms with Crippen LogP contribution < -0.4 is 5.32 Å². The third-order valence-electron chi connectivity index (χ3n) is 3.27. The van der Waals surface area contributed by atoms with Crippen molar-refractivity contribution >= 4 is 11.7 Å². The van der Waals surface area contributed by atoms with Gasteiger partial charge >= 0.3 is 0 Å². The topological polar surface area (TPSA) is 49.4 Å². The van der Waals surface area contributed by atoms with Gasteiger partial charge in [-0.05, 0) is 6.42 Å². The molecule has 4 heteroatoms. The predicted molar refractivity (Wildman–Crippen MR) is 69.4 cm³/mol. The Morgan fingerprint density at radius 3 is 2.78 bits per heavy atom. The molecule has 0 aliphatic carbocycles. The first-order chi connectivity index (χ1) is 8.72. The molecule has 96 valence electrons. The first-order valence-corrected chi connectivity index (χ1v) is 6.32. The molecule has 1 amide bonds. The van der Waals surface area contributed by atoms with Gasteiger partial charge in [-0.25, -0.2) is 0 Å². The van der Waals surface area contributed by atoms with Gasteiger partial charge in [0.1, 0.15) is 0 Å². The van der Waals surface area contributed by atoms with Gasteiger partial charge in [0.05, 0.1) is 12.6 Å². The summed E-state index contributed by atoms with van der Waals surface area (Å²) in [6.07, 6.45) is 0.730. The SMILES string of the molecule is CCC1C(=O)NCCN1CC(=O)c1ccccc1. The van der Waals surface area contributed by atoms with Crippen molar-refractivity contribution < 1.29 is 9.59 Å². The lowest BCUT2D eigenvalue weighted by Gasteiger charge is -2.33. The molecule has 1 atom stereocenters. The van der Waals surface area contributed by atoms with Crippen LogP contribution in [0.1, 0.15) is 23.7 Å². The first kappa shape index (κ1) is 12.8. The molecule has 1 saturated heterocycles. The smallest absolute Gasteiger partial charge is 0.237 e. The maximum Gasteiger partial charge on any atom is 0.237 e. The van der Waals surface area contributed by atoms with E-state index in [-0.39, 0.29) is 17.7 Å². The number of carbonyl (C=O) groups is 2. The van der Waals surface area contributed by atoms with Crippen molar-refractivity contribution in [3.8, 4) is 0 Å². The summed E-state index contributed by atoms with van der Waals surface area (Å²) in [5.41, 5.74) is 0.707. The minimum absolute atomic E-state index is 0.0320. The molecule has 4 nitrogen and oxygen atoms in total. The van der Waals surface area contributed by atoms with Crippen molar-refractivity contribution in [1.82, 2.24) is 10.2 Å². The molecule has 0 aromatic heterocycles. The summed E-state index contributed by atoms with van der Waals surface area (Å²) < 4.78 is 0. The molecule has 0 saturated carbocycles. The number of hydrogen-bond acceptors (Lipinski definition) is 3. The highest BCUT2D eigenvalue weighted by Gasteiger charge is 2.29. The maximum absolute atomic E-state index is 12.1. The number of nitrogens with one attached hydrogen (secondary N) is 1. The highest BCUT2D eigenvalue weighted by atomic mass is 16.2. The zero-order valence-corrected chi connectivity index (χ0v) is 10.6. The number of benzene rings is 1. The molecular weight excluding hydrogens is 228 g/mol. The lowest BCUT2D eigenvalue weighted by atomic mass is 10.1. The lowest BCUT2D eigenvalue weighted by molar-refractivity contribution is -0.128. The van der Waals surface area contributed by atoms with E-state index in [0.29, 0.717) is 18.7 Å². The second kappa shape index (κ2) is 5.78. The van der Waals surface area contributed by atoms with Gasteiger partial charge in [0.2, 0.25) is 5.91 Å². The van der Waals surface area contributed by atoms with Crippen molar-refractivity contribution in [3.63, 3.8) is 0 Å². The van der Waals surface area contributed by atoms with Gasteiger partial charge in [0, 0.05) is 18.7 Å². The fraction of sp³-hybridized carbons (Fsp3) is 0.429. The number of ketones is 1. The number of amides is 1. The Labute approximate surface area is 107 Å². The largest absolute Gasteiger partial charge is 0.353 e. The quantitative estimate of drug-likeness (QED) is 0.809. The second-order valence-corrected chi connectivity index (χ2v) is 4.47. The van der Waals surface area contributed by atoms with E-state index in [1.54, 1.807) is 0 Å². The highest BCUT2D eigenvalue weighted by molar-refractivity contribution is 5.98. The molecule has 1 aromatic rings. The zero-order valence-electron chi connectivity index (χ0n) is 10.6. The number of nitrogens with zero attached hydrogens (tertiary/aromatic N) is 1. The summed E-state index contributed by atoms with van der Waals surface area (Å²) in [5, 5.41) is 2.83. The van der Waals surface area contributed by atoms with Crippen LogP contribution in [0.25, 0.3) is 0 Å². The molecule has 1 aliphatic rings. The van der Waals surface area contributed by atoms with Crippen LogP contribution in [-0.4, -0.2) is 42.3 Å². The van der Waals surface area contributed by atoms with Crippen molar-refractivity contribution in [2.45, 2.75) is 19.4 Å². The summed E-state index contributed by atoms with van der Waals surface area (Å²) in [6, 6.07) is 9.05.